The molecule has 8 nitrogen and oxygen atoms in total. The molecule has 1 aliphatic heterocycles. The monoisotopic (exact) mass is 669 g/mol. The van der Waals surface area contributed by atoms with E-state index in [4.69, 9.17) is 4.74 Å². The number of carbonyl (C=O) groups is 2. The number of halogens is 2. The lowest BCUT2D eigenvalue weighted by Crippen LogP contribution is -2.48. The molecule has 0 radical (unpaired) electrons. The molecule has 254 valence electrons. The van der Waals surface area contributed by atoms with Crippen LogP contribution in [-0.4, -0.2) is 54.9 Å². The molecule has 4 aliphatic carbocycles. The maximum Gasteiger partial charge on any atom is 0.259 e. The number of sulfonamides is 1. The van der Waals surface area contributed by atoms with Crippen LogP contribution in [-0.2, 0) is 26.0 Å². The number of hydrogen-bond donors (Lipinski definition) is 3. The highest BCUT2D eigenvalue weighted by Crippen LogP contribution is 2.46. The van der Waals surface area contributed by atoms with Crippen molar-refractivity contribution in [2.75, 3.05) is 6.54 Å². The number of nitrogens with one attached hydrogen (secondary N) is 3. The highest BCUT2D eigenvalue weighted by molar-refractivity contribution is 7.91. The van der Waals surface area contributed by atoms with Gasteiger partial charge in [-0.1, -0.05) is 37.5 Å². The molecule has 0 aromatic heterocycles. The Balaban J connectivity index is 1.08. The fraction of sp³-hybridized carbons (Fsp3) is 0.611. The fourth-order valence-electron chi connectivity index (χ4n) is 8.05. The zero-order valence-corrected chi connectivity index (χ0v) is 27.8. The van der Waals surface area contributed by atoms with Crippen LogP contribution in [0.15, 0.2) is 36.4 Å². The normalized spacial score (nSPS) is 27.8. The third-order valence-corrected chi connectivity index (χ3v) is 13.7. The van der Waals surface area contributed by atoms with Gasteiger partial charge in [0, 0.05) is 36.5 Å². The summed E-state index contributed by atoms with van der Waals surface area (Å²) in [6, 6.07) is 10.1. The molecule has 7 rings (SSSR count). The van der Waals surface area contributed by atoms with Crippen molar-refractivity contribution < 1.29 is 31.5 Å². The van der Waals surface area contributed by atoms with Gasteiger partial charge in [0.15, 0.2) is 0 Å². The van der Waals surface area contributed by atoms with Crippen LogP contribution in [0.3, 0.4) is 0 Å². The second-order valence-corrected chi connectivity index (χ2v) is 17.2. The minimum Gasteiger partial charge on any atom is -0.490 e. The molecule has 3 N–H and O–H groups in total. The van der Waals surface area contributed by atoms with Crippen LogP contribution >= 0.6 is 0 Å². The summed E-state index contributed by atoms with van der Waals surface area (Å²) < 4.78 is 64.3. The number of rotatable bonds is 10. The zero-order valence-electron chi connectivity index (χ0n) is 27.0. The Hall–Kier alpha value is -3.05. The minimum absolute atomic E-state index is 0.0431. The molecule has 2 aromatic carbocycles. The number of hydrogen-bond acceptors (Lipinski definition) is 6. The molecule has 0 unspecified atom stereocenters. The number of benzene rings is 2. The van der Waals surface area contributed by atoms with Gasteiger partial charge in [0.2, 0.25) is 21.6 Å². The second-order valence-electron chi connectivity index (χ2n) is 15.0. The van der Waals surface area contributed by atoms with Crippen LogP contribution in [0.25, 0.3) is 11.1 Å². The van der Waals surface area contributed by atoms with Gasteiger partial charge in [0.25, 0.3) is 5.91 Å². The smallest absolute Gasteiger partial charge is 0.259 e. The van der Waals surface area contributed by atoms with Crippen LogP contribution in [0.4, 0.5) is 8.78 Å². The Labute approximate surface area is 275 Å². The molecule has 4 saturated carbocycles. The van der Waals surface area contributed by atoms with E-state index in [0.29, 0.717) is 60.1 Å². The largest absolute Gasteiger partial charge is 0.490 e. The van der Waals surface area contributed by atoms with E-state index in [1.54, 1.807) is 31.2 Å². The lowest BCUT2D eigenvalue weighted by molar-refractivity contribution is -0.132. The summed E-state index contributed by atoms with van der Waals surface area (Å²) in [5.74, 6) is -0.837. The Morgan fingerprint density at radius 2 is 1.77 bits per heavy atom. The standard InChI is InChI=1S/C36H45F2N3O5S/c1-34(16-17-34)47(44,45)41-31(42)19-23-10-13-30(28(18-23)27-8-5-9-29(37)32(27)24-6-4-7-24)46-26-12-11-25(20-26)40-33(43)36(38)21-35(39-22-36)14-2-3-15-35/h5,8-10,13,18,24-26,39H,2-4,6-7,11-12,14-17,19-22H2,1H3,(H,40,43)(H,41,42)/t25-,26-,36+/m1/s1. The van der Waals surface area contributed by atoms with Gasteiger partial charge >= 0.3 is 0 Å². The van der Waals surface area contributed by atoms with Gasteiger partial charge in [-0.25, -0.2) is 17.2 Å². The lowest BCUT2D eigenvalue weighted by Gasteiger charge is -2.29. The van der Waals surface area contributed by atoms with Crippen LogP contribution in [0.5, 0.6) is 5.75 Å². The average Bonchev–Trinajstić information content (AvgIpc) is 3.30. The molecule has 1 heterocycles. The Bertz CT molecular complexity index is 1670. The van der Waals surface area contributed by atoms with E-state index < -0.39 is 32.3 Å². The molecule has 5 aliphatic rings. The Morgan fingerprint density at radius 1 is 1.00 bits per heavy atom. The first-order valence-corrected chi connectivity index (χ1v) is 18.7. The van der Waals surface area contributed by atoms with E-state index in [1.165, 1.54) is 6.07 Å². The summed E-state index contributed by atoms with van der Waals surface area (Å²) in [6.07, 6.45) is 9.41. The predicted octanol–water partition coefficient (Wildman–Crippen LogP) is 5.73. The molecule has 2 amide bonds. The van der Waals surface area contributed by atoms with Gasteiger partial charge in [-0.2, -0.15) is 0 Å². The number of alkyl halides is 1. The quantitative estimate of drug-likeness (QED) is 0.298. The molecule has 1 spiro atoms. The highest BCUT2D eigenvalue weighted by atomic mass is 32.2. The van der Waals surface area contributed by atoms with E-state index in [1.807, 2.05) is 6.07 Å². The summed E-state index contributed by atoms with van der Waals surface area (Å²) in [4.78, 5) is 26.0. The summed E-state index contributed by atoms with van der Waals surface area (Å²) >= 11 is 0. The third-order valence-electron chi connectivity index (χ3n) is 11.5. The van der Waals surface area contributed by atoms with Crippen molar-refractivity contribution in [1.29, 1.82) is 0 Å². The van der Waals surface area contributed by atoms with E-state index in [9.17, 15) is 18.0 Å². The lowest BCUT2D eigenvalue weighted by atomic mass is 9.76. The highest BCUT2D eigenvalue weighted by Gasteiger charge is 2.54. The Morgan fingerprint density at radius 3 is 2.47 bits per heavy atom. The maximum atomic E-state index is 15.8. The SMILES string of the molecule is CC1(S(=O)(=O)NC(=O)Cc2ccc(O[C@@H]3CC[C@@H](NC(=O)[C@@]4(F)CNC5(CCCC5)C4)C3)c(-c3cccc(F)c3C3CCC3)c2)CC1. The summed E-state index contributed by atoms with van der Waals surface area (Å²) in [5, 5.41) is 6.27. The molecule has 2 aromatic rings. The van der Waals surface area contributed by atoms with Crippen molar-refractivity contribution in [3.63, 3.8) is 0 Å². The van der Waals surface area contributed by atoms with Crippen molar-refractivity contribution in [3.05, 3.63) is 53.3 Å². The van der Waals surface area contributed by atoms with E-state index >= 15 is 8.78 Å². The van der Waals surface area contributed by atoms with Gasteiger partial charge in [-0.15, -0.1) is 0 Å². The minimum atomic E-state index is -3.77. The van der Waals surface area contributed by atoms with Crippen molar-refractivity contribution in [1.82, 2.24) is 15.4 Å². The zero-order chi connectivity index (χ0) is 33.0. The van der Waals surface area contributed by atoms with Crippen molar-refractivity contribution >= 4 is 21.8 Å². The average molecular weight is 670 g/mol. The first-order valence-electron chi connectivity index (χ1n) is 17.3. The fourth-order valence-corrected chi connectivity index (χ4v) is 9.31. The second kappa shape index (κ2) is 12.1. The summed E-state index contributed by atoms with van der Waals surface area (Å²) in [5.41, 5.74) is 0.382. The molecule has 0 bridgehead atoms. The molecule has 3 atom stereocenters. The van der Waals surface area contributed by atoms with Crippen LogP contribution in [0.1, 0.15) is 107 Å². The van der Waals surface area contributed by atoms with Crippen molar-refractivity contribution in [2.45, 2.75) is 131 Å². The van der Waals surface area contributed by atoms with Crippen molar-refractivity contribution in [3.8, 4) is 16.9 Å². The maximum absolute atomic E-state index is 15.8. The topological polar surface area (TPSA) is 114 Å². The molecule has 47 heavy (non-hydrogen) atoms. The molecular weight excluding hydrogens is 624 g/mol. The first kappa shape index (κ1) is 32.5. The third kappa shape index (κ3) is 6.42. The molecule has 1 saturated heterocycles. The van der Waals surface area contributed by atoms with Gasteiger partial charge in [-0.05, 0) is 99.1 Å². The van der Waals surface area contributed by atoms with Gasteiger partial charge < -0.3 is 15.4 Å². The van der Waals surface area contributed by atoms with Crippen LogP contribution < -0.4 is 20.1 Å². The van der Waals surface area contributed by atoms with Crippen LogP contribution in [0.2, 0.25) is 0 Å². The van der Waals surface area contributed by atoms with Gasteiger partial charge in [0.1, 0.15) is 17.7 Å². The van der Waals surface area contributed by atoms with Crippen LogP contribution in [0, 0.1) is 5.82 Å². The predicted molar refractivity (Wildman–Crippen MR) is 175 cm³/mol. The number of amides is 2. The van der Waals surface area contributed by atoms with E-state index in [0.717, 1.165) is 44.9 Å². The van der Waals surface area contributed by atoms with E-state index in [-0.39, 0.29) is 48.8 Å². The Kier molecular flexibility index (Phi) is 8.38. The van der Waals surface area contributed by atoms with E-state index in [2.05, 4.69) is 15.4 Å². The first-order chi connectivity index (χ1) is 22.4. The molecule has 11 heteroatoms. The summed E-state index contributed by atoms with van der Waals surface area (Å²) in [7, 11) is -3.77. The van der Waals surface area contributed by atoms with Gasteiger partial charge in [-0.3, -0.25) is 14.3 Å². The van der Waals surface area contributed by atoms with Crippen molar-refractivity contribution in [2.24, 2.45) is 0 Å². The summed E-state index contributed by atoms with van der Waals surface area (Å²) in [6.45, 7) is 1.67. The molecule has 5 fully saturated rings. The number of carbonyl (C=O) groups excluding carboxylic acids is 2. The molecular formula is C36H45F2N3O5S. The number of ether oxygens (including phenoxy) is 1. The van der Waals surface area contributed by atoms with Gasteiger partial charge in [0.05, 0.1) is 11.2 Å².